The Morgan fingerprint density at radius 3 is 2.83 bits per heavy atom. The quantitative estimate of drug-likeness (QED) is 0.910. The van der Waals surface area contributed by atoms with Crippen LogP contribution in [0.1, 0.15) is 26.2 Å². The van der Waals surface area contributed by atoms with Crippen molar-refractivity contribution in [2.45, 2.75) is 41.9 Å². The zero-order valence-corrected chi connectivity index (χ0v) is 12.0. The molecule has 1 aliphatic carbocycles. The van der Waals surface area contributed by atoms with Gasteiger partial charge in [-0.1, -0.05) is 18.5 Å². The Morgan fingerprint density at radius 2 is 2.22 bits per heavy atom. The molecule has 1 aliphatic rings. The van der Waals surface area contributed by atoms with Gasteiger partial charge in [0.25, 0.3) is 0 Å². The van der Waals surface area contributed by atoms with Crippen molar-refractivity contribution < 1.29 is 0 Å². The number of halogens is 1. The van der Waals surface area contributed by atoms with Crippen molar-refractivity contribution in [2.24, 2.45) is 0 Å². The summed E-state index contributed by atoms with van der Waals surface area (Å²) >= 11 is 7.73. The Bertz CT molecular complexity index is 440. The molecule has 0 heterocycles. The van der Waals surface area contributed by atoms with Crippen molar-refractivity contribution in [3.05, 3.63) is 29.3 Å². The molecule has 0 aromatic heterocycles. The van der Waals surface area contributed by atoms with Gasteiger partial charge in [-0.15, -0.1) is 11.8 Å². The molecule has 2 nitrogen and oxygen atoms in total. The number of thioether (sulfide) groups is 1. The Hall–Kier alpha value is -0.690. The lowest BCUT2D eigenvalue weighted by atomic mass is 10.0. The van der Waals surface area contributed by atoms with Gasteiger partial charge in [-0.05, 0) is 50.1 Å². The van der Waals surface area contributed by atoms with Crippen molar-refractivity contribution in [3.8, 4) is 6.07 Å². The summed E-state index contributed by atoms with van der Waals surface area (Å²) in [5.74, 6) is 0. The zero-order valence-electron chi connectivity index (χ0n) is 10.4. The van der Waals surface area contributed by atoms with E-state index in [0.29, 0.717) is 5.25 Å². The van der Waals surface area contributed by atoms with E-state index in [-0.39, 0.29) is 5.54 Å². The van der Waals surface area contributed by atoms with Crippen LogP contribution < -0.4 is 5.32 Å². The fourth-order valence-electron chi connectivity index (χ4n) is 2.45. The van der Waals surface area contributed by atoms with Crippen LogP contribution in [0.3, 0.4) is 0 Å². The average molecular weight is 281 g/mol. The predicted molar refractivity (Wildman–Crippen MR) is 77.0 cm³/mol. The molecular weight excluding hydrogens is 264 g/mol. The number of nitriles is 1. The third-order valence-electron chi connectivity index (χ3n) is 3.31. The maximum absolute atomic E-state index is 9.33. The highest BCUT2D eigenvalue weighted by atomic mass is 35.5. The summed E-state index contributed by atoms with van der Waals surface area (Å²) in [6.07, 6.45) is 2.96. The number of hydrogen-bond acceptors (Lipinski definition) is 3. The van der Waals surface area contributed by atoms with Crippen molar-refractivity contribution in [1.29, 1.82) is 5.26 Å². The first-order valence-electron chi connectivity index (χ1n) is 6.26. The third-order valence-corrected chi connectivity index (χ3v) is 4.85. The molecule has 1 aromatic rings. The number of rotatable bonds is 4. The molecule has 96 valence electrons. The van der Waals surface area contributed by atoms with E-state index in [4.69, 9.17) is 11.6 Å². The third kappa shape index (κ3) is 3.20. The van der Waals surface area contributed by atoms with Crippen LogP contribution in [0.2, 0.25) is 5.02 Å². The summed E-state index contributed by atoms with van der Waals surface area (Å²) in [6, 6.07) is 10.4. The molecule has 1 fully saturated rings. The molecule has 1 saturated carbocycles. The molecule has 1 N–H and O–H groups in total. The Balaban J connectivity index is 1.97. The predicted octanol–water partition coefficient (Wildman–Crippen LogP) is 3.86. The van der Waals surface area contributed by atoms with Crippen LogP contribution in [0.4, 0.5) is 0 Å². The van der Waals surface area contributed by atoms with E-state index < -0.39 is 0 Å². The first-order valence-corrected chi connectivity index (χ1v) is 7.52. The standard InChI is InChI=1S/C14H17ClN2S/c1-2-17-14(10-16)8-7-13(9-14)18-12-5-3-11(15)4-6-12/h3-6,13,17H,2,7-9H2,1H3. The molecule has 0 bridgehead atoms. The molecule has 4 heteroatoms. The average Bonchev–Trinajstić information content (AvgIpc) is 2.77. The summed E-state index contributed by atoms with van der Waals surface area (Å²) in [4.78, 5) is 1.23. The van der Waals surface area contributed by atoms with Gasteiger partial charge in [-0.3, -0.25) is 5.32 Å². The fraction of sp³-hybridized carbons (Fsp3) is 0.500. The Labute approximate surface area is 118 Å². The molecular formula is C14H17ClN2S. The summed E-state index contributed by atoms with van der Waals surface area (Å²) in [5.41, 5.74) is -0.307. The van der Waals surface area contributed by atoms with Gasteiger partial charge in [0.2, 0.25) is 0 Å². The maximum Gasteiger partial charge on any atom is 0.107 e. The minimum absolute atomic E-state index is 0.307. The lowest BCUT2D eigenvalue weighted by Gasteiger charge is -2.21. The van der Waals surface area contributed by atoms with Crippen molar-refractivity contribution in [2.75, 3.05) is 6.54 Å². The maximum atomic E-state index is 9.33. The minimum atomic E-state index is -0.307. The second kappa shape index (κ2) is 5.97. The summed E-state index contributed by atoms with van der Waals surface area (Å²) in [7, 11) is 0. The van der Waals surface area contributed by atoms with Crippen LogP contribution in [0.15, 0.2) is 29.2 Å². The molecule has 2 atom stereocenters. The first kappa shape index (κ1) is 13.7. The zero-order chi connectivity index (χ0) is 13.0. The lowest BCUT2D eigenvalue weighted by molar-refractivity contribution is 0.436. The van der Waals surface area contributed by atoms with Crippen LogP contribution in [-0.4, -0.2) is 17.3 Å². The van der Waals surface area contributed by atoms with Gasteiger partial charge in [0.15, 0.2) is 0 Å². The van der Waals surface area contributed by atoms with E-state index in [9.17, 15) is 5.26 Å². The SMILES string of the molecule is CCNC1(C#N)CCC(Sc2ccc(Cl)cc2)C1. The second-order valence-electron chi connectivity index (χ2n) is 4.66. The molecule has 0 saturated heterocycles. The highest BCUT2D eigenvalue weighted by Gasteiger charge is 2.38. The van der Waals surface area contributed by atoms with Gasteiger partial charge in [0.05, 0.1) is 6.07 Å². The van der Waals surface area contributed by atoms with Crippen LogP contribution in [0.5, 0.6) is 0 Å². The van der Waals surface area contributed by atoms with E-state index in [1.54, 1.807) is 0 Å². The van der Waals surface area contributed by atoms with Gasteiger partial charge in [-0.2, -0.15) is 5.26 Å². The van der Waals surface area contributed by atoms with Gasteiger partial charge < -0.3 is 0 Å². The fourth-order valence-corrected chi connectivity index (χ4v) is 3.85. The van der Waals surface area contributed by atoms with Crippen molar-refractivity contribution in [1.82, 2.24) is 5.32 Å². The van der Waals surface area contributed by atoms with Gasteiger partial charge in [-0.25, -0.2) is 0 Å². The smallest absolute Gasteiger partial charge is 0.107 e. The molecule has 0 amide bonds. The number of benzene rings is 1. The Morgan fingerprint density at radius 1 is 1.50 bits per heavy atom. The summed E-state index contributed by atoms with van der Waals surface area (Å²) in [5, 5.41) is 14.0. The molecule has 2 unspecified atom stereocenters. The van der Waals surface area contributed by atoms with E-state index in [2.05, 4.69) is 18.3 Å². The van der Waals surface area contributed by atoms with Crippen molar-refractivity contribution in [3.63, 3.8) is 0 Å². The number of hydrogen-bond donors (Lipinski definition) is 1. The minimum Gasteiger partial charge on any atom is -0.300 e. The largest absolute Gasteiger partial charge is 0.300 e. The van der Waals surface area contributed by atoms with Crippen LogP contribution in [0, 0.1) is 11.3 Å². The van der Waals surface area contributed by atoms with E-state index in [1.165, 1.54) is 4.90 Å². The van der Waals surface area contributed by atoms with Crippen LogP contribution >= 0.6 is 23.4 Å². The second-order valence-corrected chi connectivity index (χ2v) is 6.47. The van der Waals surface area contributed by atoms with Crippen LogP contribution in [-0.2, 0) is 0 Å². The topological polar surface area (TPSA) is 35.8 Å². The number of nitrogens with zero attached hydrogens (tertiary/aromatic N) is 1. The molecule has 0 spiro atoms. The lowest BCUT2D eigenvalue weighted by Crippen LogP contribution is -2.41. The summed E-state index contributed by atoms with van der Waals surface area (Å²) < 4.78 is 0. The van der Waals surface area contributed by atoms with Crippen LogP contribution in [0.25, 0.3) is 0 Å². The highest BCUT2D eigenvalue weighted by molar-refractivity contribution is 8.00. The van der Waals surface area contributed by atoms with Gasteiger partial charge >= 0.3 is 0 Å². The normalized spacial score (nSPS) is 27.1. The molecule has 2 rings (SSSR count). The summed E-state index contributed by atoms with van der Waals surface area (Å²) in [6.45, 7) is 2.91. The monoisotopic (exact) mass is 280 g/mol. The first-order chi connectivity index (χ1) is 8.67. The molecule has 0 radical (unpaired) electrons. The van der Waals surface area contributed by atoms with E-state index in [0.717, 1.165) is 30.8 Å². The highest BCUT2D eigenvalue weighted by Crippen LogP contribution is 2.40. The van der Waals surface area contributed by atoms with Crippen molar-refractivity contribution >= 4 is 23.4 Å². The molecule has 1 aromatic carbocycles. The van der Waals surface area contributed by atoms with E-state index in [1.807, 2.05) is 36.0 Å². The number of nitrogens with one attached hydrogen (secondary N) is 1. The van der Waals surface area contributed by atoms with E-state index >= 15 is 0 Å². The van der Waals surface area contributed by atoms with Gasteiger partial charge in [0, 0.05) is 15.2 Å². The molecule has 18 heavy (non-hydrogen) atoms. The van der Waals surface area contributed by atoms with Gasteiger partial charge in [0.1, 0.15) is 5.54 Å². The Kier molecular flexibility index (Phi) is 4.55. The molecule has 0 aliphatic heterocycles.